The van der Waals surface area contributed by atoms with Crippen molar-refractivity contribution in [3.63, 3.8) is 0 Å². The van der Waals surface area contributed by atoms with Crippen LogP contribution in [0, 0.1) is 6.92 Å². The van der Waals surface area contributed by atoms with E-state index in [4.69, 9.17) is 4.74 Å². The third-order valence-corrected chi connectivity index (χ3v) is 2.92. The summed E-state index contributed by atoms with van der Waals surface area (Å²) in [7, 11) is 1.71. The summed E-state index contributed by atoms with van der Waals surface area (Å²) in [6.07, 6.45) is 2.84. The molecule has 0 spiro atoms. The Labute approximate surface area is 104 Å². The zero-order valence-electron chi connectivity index (χ0n) is 11.4. The van der Waals surface area contributed by atoms with E-state index in [-0.39, 0.29) is 6.10 Å². The molecule has 96 valence electrons. The summed E-state index contributed by atoms with van der Waals surface area (Å²) in [5, 5.41) is 3.37. The Morgan fingerprint density at radius 1 is 1.41 bits per heavy atom. The number of nitrogens with zero attached hydrogens (tertiary/aromatic N) is 2. The average Bonchev–Trinajstić information content (AvgIpc) is 2.29. The maximum Gasteiger partial charge on any atom is 0.131 e. The van der Waals surface area contributed by atoms with Gasteiger partial charge in [-0.05, 0) is 27.3 Å². The number of rotatable bonds is 6. The molecule has 0 fully saturated rings. The van der Waals surface area contributed by atoms with Crippen LogP contribution < -0.4 is 5.32 Å². The Morgan fingerprint density at radius 2 is 2.12 bits per heavy atom. The normalized spacial score (nSPS) is 14.6. The van der Waals surface area contributed by atoms with Crippen LogP contribution in [0.3, 0.4) is 0 Å². The first kappa shape index (κ1) is 14.1. The third kappa shape index (κ3) is 4.06. The predicted octanol–water partition coefficient (Wildman–Crippen LogP) is 2.03. The first-order chi connectivity index (χ1) is 8.08. The van der Waals surface area contributed by atoms with Gasteiger partial charge in [-0.25, -0.2) is 9.97 Å². The van der Waals surface area contributed by atoms with Crippen molar-refractivity contribution in [1.82, 2.24) is 15.3 Å². The summed E-state index contributed by atoms with van der Waals surface area (Å²) in [5.74, 6) is 0.851. The van der Waals surface area contributed by atoms with Gasteiger partial charge in [0.2, 0.25) is 0 Å². The maximum absolute atomic E-state index is 5.22. The van der Waals surface area contributed by atoms with E-state index in [0.29, 0.717) is 6.04 Å². The number of methoxy groups -OCH3 is 1. The fourth-order valence-electron chi connectivity index (χ4n) is 1.80. The Hall–Kier alpha value is -1.00. The second-order valence-electron chi connectivity index (χ2n) is 4.36. The van der Waals surface area contributed by atoms with E-state index in [1.165, 1.54) is 5.56 Å². The lowest BCUT2D eigenvalue weighted by atomic mass is 10.1. The minimum Gasteiger partial charge on any atom is -0.381 e. The van der Waals surface area contributed by atoms with Gasteiger partial charge >= 0.3 is 0 Å². The lowest BCUT2D eigenvalue weighted by Gasteiger charge is -2.15. The molecule has 0 saturated heterocycles. The van der Waals surface area contributed by atoms with E-state index < -0.39 is 0 Å². The smallest absolute Gasteiger partial charge is 0.131 e. The molecule has 0 aliphatic heterocycles. The van der Waals surface area contributed by atoms with Crippen molar-refractivity contribution in [2.45, 2.75) is 46.3 Å². The Morgan fingerprint density at radius 3 is 2.65 bits per heavy atom. The van der Waals surface area contributed by atoms with Crippen molar-refractivity contribution in [1.29, 1.82) is 0 Å². The highest BCUT2D eigenvalue weighted by atomic mass is 16.5. The molecule has 0 saturated carbocycles. The van der Waals surface area contributed by atoms with E-state index in [1.807, 2.05) is 20.0 Å². The second-order valence-corrected chi connectivity index (χ2v) is 4.36. The van der Waals surface area contributed by atoms with Crippen LogP contribution in [0.1, 0.15) is 43.9 Å². The molecule has 1 heterocycles. The molecular weight excluding hydrogens is 214 g/mol. The van der Waals surface area contributed by atoms with Crippen LogP contribution in [0.2, 0.25) is 0 Å². The minimum atomic E-state index is 0.159. The SMILES string of the molecule is CCNC(C)c1cnc(CC(C)OC)nc1C. The summed E-state index contributed by atoms with van der Waals surface area (Å²) >= 11 is 0. The molecule has 0 radical (unpaired) electrons. The fourth-order valence-corrected chi connectivity index (χ4v) is 1.80. The summed E-state index contributed by atoms with van der Waals surface area (Å²) in [5.41, 5.74) is 2.22. The molecule has 0 aliphatic rings. The van der Waals surface area contributed by atoms with Gasteiger partial charge in [-0.1, -0.05) is 6.92 Å². The highest BCUT2D eigenvalue weighted by Crippen LogP contribution is 2.15. The van der Waals surface area contributed by atoms with Gasteiger partial charge in [0.25, 0.3) is 0 Å². The lowest BCUT2D eigenvalue weighted by molar-refractivity contribution is 0.117. The molecule has 2 unspecified atom stereocenters. The zero-order valence-corrected chi connectivity index (χ0v) is 11.4. The standard InChI is InChI=1S/C13H23N3O/c1-6-14-10(3)12-8-15-13(16-11(12)4)7-9(2)17-5/h8-10,14H,6-7H2,1-5H3. The first-order valence-electron chi connectivity index (χ1n) is 6.17. The van der Waals surface area contributed by atoms with Crippen molar-refractivity contribution in [3.8, 4) is 0 Å². The molecule has 1 N–H and O–H groups in total. The number of ether oxygens (including phenoxy) is 1. The molecule has 0 aliphatic carbocycles. The van der Waals surface area contributed by atoms with Crippen LogP contribution in [0.25, 0.3) is 0 Å². The number of nitrogens with one attached hydrogen (secondary N) is 1. The second kappa shape index (κ2) is 6.67. The van der Waals surface area contributed by atoms with Crippen LogP contribution in [0.15, 0.2) is 6.20 Å². The van der Waals surface area contributed by atoms with Crippen LogP contribution in [-0.4, -0.2) is 29.7 Å². The summed E-state index contributed by atoms with van der Waals surface area (Å²) in [4.78, 5) is 8.93. The number of hydrogen-bond acceptors (Lipinski definition) is 4. The molecule has 1 rings (SSSR count). The molecule has 0 amide bonds. The van der Waals surface area contributed by atoms with Gasteiger partial charge in [0.1, 0.15) is 5.82 Å². The number of aromatic nitrogens is 2. The topological polar surface area (TPSA) is 47.0 Å². The van der Waals surface area contributed by atoms with Crippen LogP contribution in [-0.2, 0) is 11.2 Å². The molecule has 1 aromatic heterocycles. The van der Waals surface area contributed by atoms with Crippen molar-refractivity contribution in [2.75, 3.05) is 13.7 Å². The van der Waals surface area contributed by atoms with Gasteiger partial charge in [-0.15, -0.1) is 0 Å². The highest BCUT2D eigenvalue weighted by molar-refractivity contribution is 5.20. The quantitative estimate of drug-likeness (QED) is 0.822. The van der Waals surface area contributed by atoms with Gasteiger partial charge in [-0.3, -0.25) is 0 Å². The van der Waals surface area contributed by atoms with Crippen molar-refractivity contribution in [3.05, 3.63) is 23.3 Å². The Balaban J connectivity index is 2.78. The molecule has 2 atom stereocenters. The molecule has 4 nitrogen and oxygen atoms in total. The third-order valence-electron chi connectivity index (χ3n) is 2.92. The van der Waals surface area contributed by atoms with Gasteiger partial charge in [0.05, 0.1) is 6.10 Å². The Kier molecular flexibility index (Phi) is 5.51. The van der Waals surface area contributed by atoms with Crippen LogP contribution in [0.4, 0.5) is 0 Å². The van der Waals surface area contributed by atoms with Gasteiger partial charge in [-0.2, -0.15) is 0 Å². The number of hydrogen-bond donors (Lipinski definition) is 1. The van der Waals surface area contributed by atoms with Crippen molar-refractivity contribution < 1.29 is 4.74 Å². The van der Waals surface area contributed by atoms with E-state index in [9.17, 15) is 0 Å². The van der Waals surface area contributed by atoms with Crippen LogP contribution >= 0.6 is 0 Å². The molecule has 4 heteroatoms. The molecule has 0 bridgehead atoms. The first-order valence-corrected chi connectivity index (χ1v) is 6.17. The van der Waals surface area contributed by atoms with E-state index in [1.54, 1.807) is 7.11 Å². The summed E-state index contributed by atoms with van der Waals surface area (Å²) in [6.45, 7) is 9.23. The molecule has 0 aromatic carbocycles. The van der Waals surface area contributed by atoms with Crippen LogP contribution in [0.5, 0.6) is 0 Å². The lowest BCUT2D eigenvalue weighted by Crippen LogP contribution is -2.20. The monoisotopic (exact) mass is 237 g/mol. The summed E-state index contributed by atoms with van der Waals surface area (Å²) < 4.78 is 5.22. The zero-order chi connectivity index (χ0) is 12.8. The van der Waals surface area contributed by atoms with Crippen molar-refractivity contribution in [2.24, 2.45) is 0 Å². The van der Waals surface area contributed by atoms with Gasteiger partial charge in [0, 0.05) is 37.0 Å². The van der Waals surface area contributed by atoms with E-state index in [2.05, 4.69) is 29.1 Å². The van der Waals surface area contributed by atoms with Gasteiger partial charge in [0.15, 0.2) is 0 Å². The van der Waals surface area contributed by atoms with E-state index >= 15 is 0 Å². The largest absolute Gasteiger partial charge is 0.381 e. The average molecular weight is 237 g/mol. The van der Waals surface area contributed by atoms with Crippen molar-refractivity contribution >= 4 is 0 Å². The molecule has 1 aromatic rings. The van der Waals surface area contributed by atoms with E-state index in [0.717, 1.165) is 24.5 Å². The Bertz CT molecular complexity index is 355. The maximum atomic E-state index is 5.22. The molecular formula is C13H23N3O. The fraction of sp³-hybridized carbons (Fsp3) is 0.692. The minimum absolute atomic E-state index is 0.159. The van der Waals surface area contributed by atoms with Gasteiger partial charge < -0.3 is 10.1 Å². The number of aryl methyl sites for hydroxylation is 1. The summed E-state index contributed by atoms with van der Waals surface area (Å²) in [6, 6.07) is 0.300. The molecule has 17 heavy (non-hydrogen) atoms. The highest BCUT2D eigenvalue weighted by Gasteiger charge is 2.11. The predicted molar refractivity (Wildman–Crippen MR) is 69.0 cm³/mol.